The highest BCUT2D eigenvalue weighted by Gasteiger charge is 2.12. The summed E-state index contributed by atoms with van der Waals surface area (Å²) in [7, 11) is 8.00. The van der Waals surface area contributed by atoms with Crippen molar-refractivity contribution in [2.24, 2.45) is 5.11 Å². The van der Waals surface area contributed by atoms with E-state index in [0.29, 0.717) is 0 Å². The zero-order valence-corrected chi connectivity index (χ0v) is 13.4. The van der Waals surface area contributed by atoms with Gasteiger partial charge in [0, 0.05) is 44.5 Å². The fourth-order valence-corrected chi connectivity index (χ4v) is 2.29. The van der Waals surface area contributed by atoms with Crippen LogP contribution in [0, 0.1) is 0 Å². The second kappa shape index (κ2) is 6.87. The summed E-state index contributed by atoms with van der Waals surface area (Å²) < 4.78 is 0. The lowest BCUT2D eigenvalue weighted by Gasteiger charge is -2.17. The number of benzene rings is 2. The van der Waals surface area contributed by atoms with Crippen LogP contribution in [0.1, 0.15) is 17.2 Å². The fourth-order valence-electron chi connectivity index (χ4n) is 2.29. The van der Waals surface area contributed by atoms with Crippen molar-refractivity contribution < 1.29 is 0 Å². The summed E-state index contributed by atoms with van der Waals surface area (Å²) in [6.45, 7) is 0. The van der Waals surface area contributed by atoms with Crippen molar-refractivity contribution in [2.75, 3.05) is 38.0 Å². The largest absolute Gasteiger partial charge is 0.378 e. The normalized spacial score (nSPS) is 10.2. The van der Waals surface area contributed by atoms with E-state index in [0.717, 1.165) is 22.5 Å². The summed E-state index contributed by atoms with van der Waals surface area (Å²) in [6.07, 6.45) is 0. The predicted molar refractivity (Wildman–Crippen MR) is 92.5 cm³/mol. The maximum Gasteiger partial charge on any atom is 0.0876 e. The van der Waals surface area contributed by atoms with Crippen molar-refractivity contribution in [2.45, 2.75) is 6.04 Å². The molecule has 0 atom stereocenters. The first-order valence-corrected chi connectivity index (χ1v) is 7.11. The van der Waals surface area contributed by atoms with Crippen LogP contribution >= 0.6 is 0 Å². The molecule has 0 bridgehead atoms. The SMILES string of the molecule is CN(C)c1ccc(C(N=[N+]=[N-])c2ccc(N(C)C)cc2)cc1. The highest BCUT2D eigenvalue weighted by atomic mass is 15.1. The van der Waals surface area contributed by atoms with E-state index in [1.54, 1.807) is 0 Å². The lowest BCUT2D eigenvalue weighted by Crippen LogP contribution is -2.09. The predicted octanol–water partition coefficient (Wildman–Crippen LogP) is 4.22. The van der Waals surface area contributed by atoms with E-state index < -0.39 is 0 Å². The lowest BCUT2D eigenvalue weighted by atomic mass is 9.99. The number of nitrogens with zero attached hydrogens (tertiary/aromatic N) is 5. The Bertz CT molecular complexity index is 601. The van der Waals surface area contributed by atoms with E-state index in [-0.39, 0.29) is 6.04 Å². The zero-order chi connectivity index (χ0) is 16.1. The Morgan fingerprint density at radius 1 is 0.773 bits per heavy atom. The van der Waals surface area contributed by atoms with Crippen LogP contribution in [-0.4, -0.2) is 28.2 Å². The minimum atomic E-state index is -0.308. The number of hydrogen-bond acceptors (Lipinski definition) is 3. The molecule has 0 aliphatic heterocycles. The second-order valence-electron chi connectivity index (χ2n) is 5.58. The van der Waals surface area contributed by atoms with Gasteiger partial charge in [-0.1, -0.05) is 29.4 Å². The Balaban J connectivity index is 2.35. The average Bonchev–Trinajstić information content (AvgIpc) is 2.53. The van der Waals surface area contributed by atoms with Crippen molar-refractivity contribution in [3.05, 3.63) is 70.1 Å². The maximum absolute atomic E-state index is 8.89. The molecule has 0 saturated carbocycles. The van der Waals surface area contributed by atoms with Gasteiger partial charge in [0.2, 0.25) is 0 Å². The molecule has 0 aromatic heterocycles. The molecule has 0 N–H and O–H groups in total. The first-order valence-electron chi connectivity index (χ1n) is 7.11. The molecule has 22 heavy (non-hydrogen) atoms. The molecular formula is C17H21N5. The van der Waals surface area contributed by atoms with Crippen molar-refractivity contribution in [3.63, 3.8) is 0 Å². The number of rotatable bonds is 5. The molecule has 2 aromatic rings. The summed E-state index contributed by atoms with van der Waals surface area (Å²) in [5.41, 5.74) is 13.1. The maximum atomic E-state index is 8.89. The van der Waals surface area contributed by atoms with E-state index in [4.69, 9.17) is 5.53 Å². The Morgan fingerprint density at radius 2 is 1.14 bits per heavy atom. The van der Waals surface area contributed by atoms with Crippen LogP contribution in [0.2, 0.25) is 0 Å². The Morgan fingerprint density at radius 3 is 1.41 bits per heavy atom. The molecule has 0 unspecified atom stereocenters. The van der Waals surface area contributed by atoms with E-state index in [9.17, 15) is 0 Å². The molecule has 0 radical (unpaired) electrons. The Hall–Kier alpha value is -2.65. The van der Waals surface area contributed by atoms with Gasteiger partial charge in [0.15, 0.2) is 0 Å². The molecule has 0 saturated heterocycles. The number of azide groups is 1. The van der Waals surface area contributed by atoms with Gasteiger partial charge in [-0.3, -0.25) is 0 Å². The molecule has 2 rings (SSSR count). The minimum absolute atomic E-state index is 0.308. The molecule has 5 heteroatoms. The monoisotopic (exact) mass is 295 g/mol. The van der Waals surface area contributed by atoms with Crippen LogP contribution in [0.5, 0.6) is 0 Å². The topological polar surface area (TPSA) is 55.2 Å². The van der Waals surface area contributed by atoms with E-state index >= 15 is 0 Å². The van der Waals surface area contributed by atoms with Crippen LogP contribution < -0.4 is 9.80 Å². The average molecular weight is 295 g/mol. The van der Waals surface area contributed by atoms with Gasteiger partial charge in [0.05, 0.1) is 6.04 Å². The van der Waals surface area contributed by atoms with Crippen molar-refractivity contribution in [1.82, 2.24) is 0 Å². The molecule has 0 aliphatic rings. The molecule has 0 fully saturated rings. The van der Waals surface area contributed by atoms with Gasteiger partial charge in [-0.05, 0) is 40.9 Å². The van der Waals surface area contributed by atoms with Gasteiger partial charge < -0.3 is 9.80 Å². The van der Waals surface area contributed by atoms with E-state index in [1.165, 1.54) is 0 Å². The van der Waals surface area contributed by atoms with Gasteiger partial charge in [-0.15, -0.1) is 0 Å². The Labute approximate surface area is 131 Å². The highest BCUT2D eigenvalue weighted by molar-refractivity contribution is 5.50. The van der Waals surface area contributed by atoms with E-state index in [2.05, 4.69) is 10.0 Å². The quantitative estimate of drug-likeness (QED) is 0.471. The van der Waals surface area contributed by atoms with Crippen molar-refractivity contribution in [3.8, 4) is 0 Å². The standard InChI is InChI=1S/C17H21N5/c1-21(2)15-9-5-13(6-10-15)17(19-20-18)14-7-11-16(12-8-14)22(3)4/h5-12,17H,1-4H3. The molecule has 0 heterocycles. The third-order valence-corrected chi connectivity index (χ3v) is 3.62. The summed E-state index contributed by atoms with van der Waals surface area (Å²) in [6, 6.07) is 15.9. The van der Waals surface area contributed by atoms with Crippen LogP contribution in [0.3, 0.4) is 0 Å². The van der Waals surface area contributed by atoms with Crippen LogP contribution in [0.25, 0.3) is 10.4 Å². The summed E-state index contributed by atoms with van der Waals surface area (Å²) in [4.78, 5) is 7.09. The third kappa shape index (κ3) is 3.51. The van der Waals surface area contributed by atoms with Gasteiger partial charge in [-0.2, -0.15) is 0 Å². The molecule has 114 valence electrons. The number of hydrogen-bond donors (Lipinski definition) is 0. The summed E-state index contributed by atoms with van der Waals surface area (Å²) in [5.74, 6) is 0. The van der Waals surface area contributed by atoms with Crippen molar-refractivity contribution >= 4 is 11.4 Å². The molecule has 2 aromatic carbocycles. The highest BCUT2D eigenvalue weighted by Crippen LogP contribution is 2.29. The Kier molecular flexibility index (Phi) is 4.92. The molecule has 5 nitrogen and oxygen atoms in total. The van der Waals surface area contributed by atoms with Crippen LogP contribution in [-0.2, 0) is 0 Å². The van der Waals surface area contributed by atoms with Crippen molar-refractivity contribution in [1.29, 1.82) is 0 Å². The van der Waals surface area contributed by atoms with Crippen LogP contribution in [0.4, 0.5) is 11.4 Å². The fraction of sp³-hybridized carbons (Fsp3) is 0.294. The van der Waals surface area contributed by atoms with Gasteiger partial charge in [0.1, 0.15) is 0 Å². The van der Waals surface area contributed by atoms with Gasteiger partial charge in [0.25, 0.3) is 0 Å². The molecule has 0 aliphatic carbocycles. The number of anilines is 2. The summed E-state index contributed by atoms with van der Waals surface area (Å²) in [5, 5.41) is 3.97. The van der Waals surface area contributed by atoms with Crippen LogP contribution in [0.15, 0.2) is 53.6 Å². The van der Waals surface area contributed by atoms with Gasteiger partial charge in [-0.25, -0.2) is 0 Å². The minimum Gasteiger partial charge on any atom is -0.378 e. The lowest BCUT2D eigenvalue weighted by molar-refractivity contribution is 0.858. The second-order valence-corrected chi connectivity index (χ2v) is 5.58. The van der Waals surface area contributed by atoms with E-state index in [1.807, 2.05) is 86.5 Å². The van der Waals surface area contributed by atoms with Gasteiger partial charge >= 0.3 is 0 Å². The molecule has 0 amide bonds. The zero-order valence-electron chi connectivity index (χ0n) is 13.4. The molecule has 0 spiro atoms. The third-order valence-electron chi connectivity index (χ3n) is 3.62. The first-order chi connectivity index (χ1) is 10.5. The first kappa shape index (κ1) is 15.7. The smallest absolute Gasteiger partial charge is 0.0876 e. The summed E-state index contributed by atoms with van der Waals surface area (Å²) >= 11 is 0. The molecular weight excluding hydrogens is 274 g/mol.